The molecule has 5 heterocycles. The van der Waals surface area contributed by atoms with Crippen LogP contribution < -0.4 is 10.6 Å². The van der Waals surface area contributed by atoms with E-state index in [-0.39, 0.29) is 35.5 Å². The Morgan fingerprint density at radius 2 is 0.967 bits per heavy atom. The van der Waals surface area contributed by atoms with Crippen molar-refractivity contribution in [1.29, 1.82) is 0 Å². The summed E-state index contributed by atoms with van der Waals surface area (Å²) in [5.41, 5.74) is 16.8. The van der Waals surface area contributed by atoms with Gasteiger partial charge < -0.3 is 20.3 Å². The number of nitrogens with zero attached hydrogens (tertiary/aromatic N) is 6. The molecule has 13 heteroatoms. The minimum Gasteiger partial charge on any atom is -0.383 e. The van der Waals surface area contributed by atoms with Crippen LogP contribution in [0.4, 0.5) is 17.1 Å². The highest BCUT2D eigenvalue weighted by atomic mass is 35.5. The number of fused-ring (bicyclic) bond motifs is 3. The fourth-order valence-electron chi connectivity index (χ4n) is 13.4. The van der Waals surface area contributed by atoms with Gasteiger partial charge in [-0.3, -0.25) is 24.2 Å². The Kier molecular flexibility index (Phi) is 24.3. The molecule has 0 aliphatic carbocycles. The first kappa shape index (κ1) is 66.5. The number of benzene rings is 7. The minimum atomic E-state index is 0.0857. The predicted octanol–water partition coefficient (Wildman–Crippen LogP) is 15.1. The Morgan fingerprint density at radius 1 is 0.527 bits per heavy atom. The summed E-state index contributed by atoms with van der Waals surface area (Å²) in [6.45, 7) is 14.8. The number of hydrogen-bond acceptors (Lipinski definition) is 12. The second kappa shape index (κ2) is 33.3. The highest BCUT2D eigenvalue weighted by Crippen LogP contribution is 2.38. The fraction of sp³-hybridized carbons (Fsp3) is 0.385. The monoisotopic (exact) mass is 1240 g/mol. The van der Waals surface area contributed by atoms with Crippen LogP contribution in [-0.4, -0.2) is 122 Å². The third-order valence-corrected chi connectivity index (χ3v) is 18.5. The molecule has 2 saturated heterocycles. The molecule has 7 aromatic rings. The van der Waals surface area contributed by atoms with Crippen molar-refractivity contribution in [3.63, 3.8) is 0 Å². The summed E-state index contributed by atoms with van der Waals surface area (Å²) in [6, 6.07) is 60.4. The molecule has 91 heavy (non-hydrogen) atoms. The van der Waals surface area contributed by atoms with E-state index in [1.54, 1.807) is 7.11 Å². The van der Waals surface area contributed by atoms with Gasteiger partial charge in [0.1, 0.15) is 0 Å². The summed E-state index contributed by atoms with van der Waals surface area (Å²) in [7, 11) is 3.92. The number of carbonyl (C=O) groups excluding carboxylic acids is 3. The number of halogens is 1. The van der Waals surface area contributed by atoms with Gasteiger partial charge in [0.2, 0.25) is 0 Å². The van der Waals surface area contributed by atoms with Gasteiger partial charge in [0, 0.05) is 63.6 Å². The van der Waals surface area contributed by atoms with Crippen LogP contribution >= 0.6 is 11.6 Å². The normalized spacial score (nSPS) is 17.0. The smallest absolute Gasteiger partial charge is 0.181 e. The van der Waals surface area contributed by atoms with Crippen LogP contribution in [0.15, 0.2) is 185 Å². The van der Waals surface area contributed by atoms with E-state index in [1.165, 1.54) is 58.2 Å². The molecule has 0 radical (unpaired) electrons. The third kappa shape index (κ3) is 17.8. The second-order valence-electron chi connectivity index (χ2n) is 24.7. The number of carbonyl (C=O) groups is 3. The summed E-state index contributed by atoms with van der Waals surface area (Å²) >= 11 is 6.12. The molecule has 12 nitrogen and oxygen atoms in total. The second-order valence-corrected chi connectivity index (χ2v) is 25.1. The highest BCUT2D eigenvalue weighted by molar-refractivity contribution is 6.42. The largest absolute Gasteiger partial charge is 0.383 e. The molecule has 0 saturated carbocycles. The van der Waals surface area contributed by atoms with Crippen LogP contribution in [0.25, 0.3) is 0 Å². The standard InChI is InChI=1S/C29H33N3O.C26H33N3O2.C23H25ClN2O/c1-3-26-28(33)20-25-19-24(15-16-27(25)31-26)29(23-13-8-5-9-14-23)30-17-10-18-32(2)21-22-11-6-4-7-12-22;1-3-23-25(30)18-21-17-20(9-10-24(21)28-23)26(19-7-5-4-6-8-19)29-14-11-22(12-15-29)27-13-16-31-2;1-2-20-22(27)15-18-14-17(8-11-21(18)25-20)23(26-12-4-3-5-13-26)16-6-9-19(24)10-7-16/h4-9,11-16,19,29-30H,3,10,17-18,20-21H2,1-2H3;4-10,17,22,26-27H,3,11-16,18H2,1-2H3;6-11,14,23H,2-5,12-13,15H2,1H3. The van der Waals surface area contributed by atoms with E-state index in [4.69, 9.17) is 16.3 Å². The Bertz CT molecular complexity index is 3630. The molecule has 0 bridgehead atoms. The Morgan fingerprint density at radius 3 is 1.46 bits per heavy atom. The molecule has 5 aliphatic rings. The molecule has 0 aromatic heterocycles. The number of methoxy groups -OCH3 is 1. The van der Waals surface area contributed by atoms with Gasteiger partial charge in [0.05, 0.1) is 58.9 Å². The molecule has 3 unspecified atom stereocenters. The maximum absolute atomic E-state index is 12.4. The van der Waals surface area contributed by atoms with Crippen LogP contribution in [0.1, 0.15) is 152 Å². The summed E-state index contributed by atoms with van der Waals surface area (Å²) in [4.78, 5) is 58.4. The van der Waals surface area contributed by atoms with Crippen LogP contribution in [0.3, 0.4) is 0 Å². The maximum Gasteiger partial charge on any atom is 0.181 e. The quantitative estimate of drug-likeness (QED) is 0.0637. The Balaban J connectivity index is 0.000000151. The molecular formula is C78H91ClN8O4. The van der Waals surface area contributed by atoms with E-state index in [0.29, 0.717) is 61.7 Å². The predicted molar refractivity (Wildman–Crippen MR) is 373 cm³/mol. The molecule has 5 aliphatic heterocycles. The lowest BCUT2D eigenvalue weighted by molar-refractivity contribution is -0.113. The molecular weight excluding hydrogens is 1150 g/mol. The molecule has 0 spiro atoms. The van der Waals surface area contributed by atoms with Crippen molar-refractivity contribution < 1.29 is 19.1 Å². The number of ether oxygens (including phenoxy) is 1. The number of ketones is 3. The van der Waals surface area contributed by atoms with Gasteiger partial charge in [0.25, 0.3) is 0 Å². The molecule has 0 amide bonds. The summed E-state index contributed by atoms with van der Waals surface area (Å²) in [5.74, 6) is 0.461. The van der Waals surface area contributed by atoms with Crippen molar-refractivity contribution in [2.24, 2.45) is 15.0 Å². The van der Waals surface area contributed by atoms with Crippen LogP contribution in [0.2, 0.25) is 5.02 Å². The number of rotatable bonds is 22. The van der Waals surface area contributed by atoms with E-state index >= 15 is 0 Å². The van der Waals surface area contributed by atoms with E-state index in [2.05, 4.69) is 199 Å². The van der Waals surface area contributed by atoms with E-state index in [0.717, 1.165) is 117 Å². The van der Waals surface area contributed by atoms with Crippen molar-refractivity contribution in [2.75, 3.05) is 66.6 Å². The van der Waals surface area contributed by atoms with Crippen molar-refractivity contribution in [3.8, 4) is 0 Å². The van der Waals surface area contributed by atoms with Gasteiger partial charge in [-0.05, 0) is 171 Å². The molecule has 7 aromatic carbocycles. The van der Waals surface area contributed by atoms with Crippen molar-refractivity contribution in [1.82, 2.24) is 25.3 Å². The zero-order chi connectivity index (χ0) is 63.5. The van der Waals surface area contributed by atoms with Gasteiger partial charge in [-0.1, -0.05) is 178 Å². The first-order chi connectivity index (χ1) is 44.5. The van der Waals surface area contributed by atoms with Crippen LogP contribution in [0, 0.1) is 0 Å². The SMILES string of the molecule is CCC1=Nc2ccc(C(NCCCN(C)Cc3ccccc3)c3ccccc3)cc2CC1=O.CCC1=Nc2ccc(C(c3ccc(Cl)cc3)N3CCCCC3)cc2CC1=O.CCC1=Nc2ccc(C(c3ccccc3)N3CCC(NCCOC)CC3)cc2CC1=O. The van der Waals surface area contributed by atoms with Gasteiger partial charge in [0.15, 0.2) is 17.3 Å². The summed E-state index contributed by atoms with van der Waals surface area (Å²) < 4.78 is 5.17. The molecule has 12 rings (SSSR count). The number of hydrogen-bond donors (Lipinski definition) is 2. The van der Waals surface area contributed by atoms with Gasteiger partial charge in [-0.25, -0.2) is 15.0 Å². The maximum atomic E-state index is 12.4. The molecule has 2 N–H and O–H groups in total. The number of Topliss-reactive ketones (excluding diaryl/α,β-unsaturated/α-hetero) is 3. The number of likely N-dealkylation sites (tertiary alicyclic amines) is 2. The minimum absolute atomic E-state index is 0.0857. The van der Waals surface area contributed by atoms with Crippen molar-refractivity contribution >= 4 is 63.1 Å². The van der Waals surface area contributed by atoms with Crippen LogP contribution in [-0.2, 0) is 44.9 Å². The average Bonchev–Trinajstić information content (AvgIpc) is 1.35. The zero-order valence-corrected chi connectivity index (χ0v) is 54.8. The highest BCUT2D eigenvalue weighted by Gasteiger charge is 2.31. The Labute approximate surface area is 545 Å². The van der Waals surface area contributed by atoms with Gasteiger partial charge in [-0.2, -0.15) is 0 Å². The van der Waals surface area contributed by atoms with E-state index in [9.17, 15) is 14.4 Å². The Hall–Kier alpha value is -7.39. The molecule has 3 atom stereocenters. The van der Waals surface area contributed by atoms with Gasteiger partial charge >= 0.3 is 0 Å². The number of aliphatic imine (C=N–C) groups is 3. The van der Waals surface area contributed by atoms with Crippen molar-refractivity contribution in [3.05, 3.63) is 231 Å². The zero-order valence-electron chi connectivity index (χ0n) is 54.0. The van der Waals surface area contributed by atoms with Crippen molar-refractivity contribution in [2.45, 2.75) is 129 Å². The van der Waals surface area contributed by atoms with E-state index < -0.39 is 0 Å². The average molecular weight is 1240 g/mol. The lowest BCUT2D eigenvalue weighted by Gasteiger charge is -2.38. The van der Waals surface area contributed by atoms with Crippen LogP contribution in [0.5, 0.6) is 0 Å². The van der Waals surface area contributed by atoms with Gasteiger partial charge in [-0.15, -0.1) is 0 Å². The number of nitrogens with one attached hydrogen (secondary N) is 2. The lowest BCUT2D eigenvalue weighted by Crippen LogP contribution is -2.44. The first-order valence-electron chi connectivity index (χ1n) is 33.2. The third-order valence-electron chi connectivity index (χ3n) is 18.2. The molecule has 2 fully saturated rings. The topological polar surface area (TPSA) is 131 Å². The first-order valence-corrected chi connectivity index (χ1v) is 33.6. The summed E-state index contributed by atoms with van der Waals surface area (Å²) in [5, 5.41) is 8.13. The fourth-order valence-corrected chi connectivity index (χ4v) is 13.5. The summed E-state index contributed by atoms with van der Waals surface area (Å²) in [6.07, 6.45) is 10.5. The molecule has 474 valence electrons. The number of piperidine rings is 2. The lowest BCUT2D eigenvalue weighted by atomic mass is 9.90. The van der Waals surface area contributed by atoms with E-state index in [1.807, 2.05) is 39.0 Å².